The van der Waals surface area contributed by atoms with E-state index in [9.17, 15) is 0 Å². The summed E-state index contributed by atoms with van der Waals surface area (Å²) in [5, 5.41) is 0. The molecule has 0 fully saturated rings. The molecule has 1 aromatic heterocycles. The molecule has 0 aromatic carbocycles. The molecule has 0 aliphatic heterocycles. The lowest BCUT2D eigenvalue weighted by atomic mass is 10.2. The lowest BCUT2D eigenvalue weighted by Crippen LogP contribution is -2.04. The third-order valence-corrected chi connectivity index (χ3v) is 2.70. The van der Waals surface area contributed by atoms with E-state index in [1.54, 1.807) is 11.3 Å². The van der Waals surface area contributed by atoms with E-state index in [0.717, 1.165) is 0 Å². The Bertz CT molecular complexity index is 282. The average Bonchev–Trinajstić information content (AvgIpc) is 2.34. The number of rotatable bonds is 2. The van der Waals surface area contributed by atoms with Gasteiger partial charge in [-0.15, -0.1) is 11.3 Å². The topological polar surface area (TPSA) is 26.0 Å². The fourth-order valence-electron chi connectivity index (χ4n) is 1.07. The van der Waals surface area contributed by atoms with E-state index in [2.05, 4.69) is 39.0 Å². The molecule has 0 bridgehead atoms. The van der Waals surface area contributed by atoms with Gasteiger partial charge in [0.25, 0.3) is 0 Å². The Labute approximate surface area is 77.9 Å². The van der Waals surface area contributed by atoms with Crippen LogP contribution in [0.3, 0.4) is 0 Å². The first-order chi connectivity index (χ1) is 5.59. The summed E-state index contributed by atoms with van der Waals surface area (Å²) in [6, 6.07) is 4.29. The second-order valence-corrected chi connectivity index (χ2v) is 4.54. The zero-order valence-corrected chi connectivity index (χ0v) is 8.61. The van der Waals surface area contributed by atoms with Crippen molar-refractivity contribution in [3.05, 3.63) is 33.5 Å². The minimum absolute atomic E-state index is 0.0775. The minimum atomic E-state index is 0.0775. The molecule has 0 aliphatic carbocycles. The smallest absolute Gasteiger partial charge is 0.0578 e. The lowest BCUT2D eigenvalue weighted by Gasteiger charge is -2.03. The molecule has 66 valence electrons. The van der Waals surface area contributed by atoms with Gasteiger partial charge in [-0.25, -0.2) is 0 Å². The Morgan fingerprint density at radius 1 is 1.50 bits per heavy atom. The second kappa shape index (κ2) is 3.87. The third kappa shape index (κ3) is 2.47. The van der Waals surface area contributed by atoms with Gasteiger partial charge in [-0.05, 0) is 32.9 Å². The summed E-state index contributed by atoms with van der Waals surface area (Å²) in [6.45, 7) is 6.24. The molecule has 2 heteroatoms. The molecule has 0 radical (unpaired) electrons. The summed E-state index contributed by atoms with van der Waals surface area (Å²) < 4.78 is 0. The van der Waals surface area contributed by atoms with Gasteiger partial charge < -0.3 is 5.73 Å². The fraction of sp³-hybridized carbons (Fsp3) is 0.400. The Morgan fingerprint density at radius 2 is 2.17 bits per heavy atom. The zero-order chi connectivity index (χ0) is 9.14. The van der Waals surface area contributed by atoms with Gasteiger partial charge in [0, 0.05) is 9.75 Å². The van der Waals surface area contributed by atoms with E-state index >= 15 is 0 Å². The van der Waals surface area contributed by atoms with Crippen molar-refractivity contribution >= 4 is 11.3 Å². The Balaban J connectivity index is 2.78. The van der Waals surface area contributed by atoms with Gasteiger partial charge in [0.1, 0.15) is 0 Å². The van der Waals surface area contributed by atoms with E-state index in [1.165, 1.54) is 15.3 Å². The van der Waals surface area contributed by atoms with Crippen LogP contribution < -0.4 is 5.73 Å². The molecule has 0 amide bonds. The average molecular weight is 181 g/mol. The SMILES string of the molecule is CC(C)=C[C@@H](N)c1ccc(C)s1. The summed E-state index contributed by atoms with van der Waals surface area (Å²) in [5.41, 5.74) is 7.22. The van der Waals surface area contributed by atoms with Crippen molar-refractivity contribution in [2.75, 3.05) is 0 Å². The van der Waals surface area contributed by atoms with Crippen molar-refractivity contribution in [2.45, 2.75) is 26.8 Å². The Morgan fingerprint density at radius 3 is 2.58 bits per heavy atom. The molecule has 0 aliphatic rings. The Kier molecular flexibility index (Phi) is 3.06. The summed E-state index contributed by atoms with van der Waals surface area (Å²) in [4.78, 5) is 2.57. The molecule has 1 rings (SSSR count). The molecule has 1 aromatic rings. The number of allylic oxidation sites excluding steroid dienone is 1. The summed E-state index contributed by atoms with van der Waals surface area (Å²) >= 11 is 1.77. The number of thiophene rings is 1. The fourth-order valence-corrected chi connectivity index (χ4v) is 1.92. The van der Waals surface area contributed by atoms with Gasteiger partial charge in [-0.1, -0.05) is 11.6 Å². The van der Waals surface area contributed by atoms with Gasteiger partial charge in [0.15, 0.2) is 0 Å². The van der Waals surface area contributed by atoms with Gasteiger partial charge in [-0.2, -0.15) is 0 Å². The highest BCUT2D eigenvalue weighted by Crippen LogP contribution is 2.22. The molecule has 1 heterocycles. The van der Waals surface area contributed by atoms with E-state index < -0.39 is 0 Å². The Hall–Kier alpha value is -0.600. The van der Waals surface area contributed by atoms with Crippen LogP contribution in [-0.4, -0.2) is 0 Å². The quantitative estimate of drug-likeness (QED) is 0.697. The van der Waals surface area contributed by atoms with E-state index in [1.807, 2.05) is 0 Å². The second-order valence-electron chi connectivity index (χ2n) is 3.22. The highest BCUT2D eigenvalue weighted by molar-refractivity contribution is 7.12. The van der Waals surface area contributed by atoms with Crippen molar-refractivity contribution in [3.63, 3.8) is 0 Å². The molecule has 2 N–H and O–H groups in total. The zero-order valence-electron chi connectivity index (χ0n) is 7.79. The predicted molar refractivity (Wildman–Crippen MR) is 55.4 cm³/mol. The molecule has 0 saturated carbocycles. The van der Waals surface area contributed by atoms with Crippen LogP contribution in [0.5, 0.6) is 0 Å². The van der Waals surface area contributed by atoms with Crippen molar-refractivity contribution in [3.8, 4) is 0 Å². The highest BCUT2D eigenvalue weighted by Gasteiger charge is 2.03. The molecular formula is C10H15NS. The maximum atomic E-state index is 5.94. The third-order valence-electron chi connectivity index (χ3n) is 1.60. The summed E-state index contributed by atoms with van der Waals surface area (Å²) in [5.74, 6) is 0. The highest BCUT2D eigenvalue weighted by atomic mass is 32.1. The summed E-state index contributed by atoms with van der Waals surface area (Å²) in [6.07, 6.45) is 2.09. The van der Waals surface area contributed by atoms with Crippen LogP contribution in [-0.2, 0) is 0 Å². The van der Waals surface area contributed by atoms with E-state index in [0.29, 0.717) is 0 Å². The van der Waals surface area contributed by atoms with Crippen LogP contribution in [0.15, 0.2) is 23.8 Å². The van der Waals surface area contributed by atoms with Gasteiger partial charge in [-0.3, -0.25) is 0 Å². The molecule has 0 spiro atoms. The van der Waals surface area contributed by atoms with Crippen molar-refractivity contribution < 1.29 is 0 Å². The van der Waals surface area contributed by atoms with E-state index in [4.69, 9.17) is 5.73 Å². The van der Waals surface area contributed by atoms with Crippen molar-refractivity contribution in [2.24, 2.45) is 5.73 Å². The standard InChI is InChI=1S/C10H15NS/c1-7(2)6-9(11)10-5-4-8(3)12-10/h4-6,9H,11H2,1-3H3/t9-/m1/s1. The molecular weight excluding hydrogens is 166 g/mol. The first kappa shape index (κ1) is 9.49. The monoisotopic (exact) mass is 181 g/mol. The van der Waals surface area contributed by atoms with Gasteiger partial charge in [0.2, 0.25) is 0 Å². The van der Waals surface area contributed by atoms with Crippen LogP contribution >= 0.6 is 11.3 Å². The maximum absolute atomic E-state index is 5.94. The van der Waals surface area contributed by atoms with Crippen LogP contribution in [0.4, 0.5) is 0 Å². The van der Waals surface area contributed by atoms with Gasteiger partial charge >= 0.3 is 0 Å². The first-order valence-electron chi connectivity index (χ1n) is 4.06. The summed E-state index contributed by atoms with van der Waals surface area (Å²) in [7, 11) is 0. The first-order valence-corrected chi connectivity index (χ1v) is 4.88. The van der Waals surface area contributed by atoms with Crippen LogP contribution in [0, 0.1) is 6.92 Å². The molecule has 1 nitrogen and oxygen atoms in total. The molecule has 12 heavy (non-hydrogen) atoms. The molecule has 1 atom stereocenters. The van der Waals surface area contributed by atoms with E-state index in [-0.39, 0.29) is 6.04 Å². The van der Waals surface area contributed by atoms with Crippen molar-refractivity contribution in [1.82, 2.24) is 0 Å². The maximum Gasteiger partial charge on any atom is 0.0578 e. The van der Waals surface area contributed by atoms with Crippen LogP contribution in [0.2, 0.25) is 0 Å². The van der Waals surface area contributed by atoms with Crippen LogP contribution in [0.25, 0.3) is 0 Å². The normalized spacial score (nSPS) is 12.7. The molecule has 0 unspecified atom stereocenters. The number of hydrogen-bond acceptors (Lipinski definition) is 2. The lowest BCUT2D eigenvalue weighted by molar-refractivity contribution is 0.923. The number of aryl methyl sites for hydroxylation is 1. The van der Waals surface area contributed by atoms with Gasteiger partial charge in [0.05, 0.1) is 6.04 Å². The predicted octanol–water partition coefficient (Wildman–Crippen LogP) is 3.02. The molecule has 0 saturated heterocycles. The minimum Gasteiger partial charge on any atom is -0.320 e. The van der Waals surface area contributed by atoms with Crippen molar-refractivity contribution in [1.29, 1.82) is 0 Å². The largest absolute Gasteiger partial charge is 0.320 e. The number of nitrogens with two attached hydrogens (primary N) is 1. The number of hydrogen-bond donors (Lipinski definition) is 1. The van der Waals surface area contributed by atoms with Crippen LogP contribution in [0.1, 0.15) is 29.6 Å².